The number of guanidine groups is 1. The highest BCUT2D eigenvalue weighted by Crippen LogP contribution is 2.17. The number of nitrogens with zero attached hydrogens (tertiary/aromatic N) is 1. The van der Waals surface area contributed by atoms with Gasteiger partial charge in [-0.1, -0.05) is 42.5 Å². The van der Waals surface area contributed by atoms with E-state index in [0.29, 0.717) is 32.9 Å². The third-order valence-corrected chi connectivity index (χ3v) is 3.97. The van der Waals surface area contributed by atoms with Gasteiger partial charge in [0.1, 0.15) is 5.75 Å². The standard InChI is InChI=1S/C21H29N3O2.HI/c1-4-25-16-19-12-7-6-10-17(19)14-23-21(22-3)24-15-18-11-8-9-13-20(18)26-5-2;/h6-13H,4-5,14-16H2,1-3H3,(H2,22,23,24);1H. The summed E-state index contributed by atoms with van der Waals surface area (Å²) >= 11 is 0. The largest absolute Gasteiger partial charge is 0.494 e. The van der Waals surface area contributed by atoms with Crippen LogP contribution in [0.2, 0.25) is 0 Å². The molecule has 6 heteroatoms. The van der Waals surface area contributed by atoms with E-state index in [1.54, 1.807) is 7.05 Å². The quantitative estimate of drug-likeness (QED) is 0.321. The van der Waals surface area contributed by atoms with Gasteiger partial charge in [-0.2, -0.15) is 0 Å². The van der Waals surface area contributed by atoms with Crippen LogP contribution in [-0.2, 0) is 24.4 Å². The Hall–Kier alpha value is -1.80. The number of nitrogens with one attached hydrogen (secondary N) is 2. The van der Waals surface area contributed by atoms with E-state index in [1.807, 2.05) is 44.2 Å². The van der Waals surface area contributed by atoms with Crippen LogP contribution in [-0.4, -0.2) is 26.2 Å². The Morgan fingerprint density at radius 3 is 2.07 bits per heavy atom. The van der Waals surface area contributed by atoms with E-state index in [2.05, 4.69) is 33.8 Å². The molecule has 0 unspecified atom stereocenters. The summed E-state index contributed by atoms with van der Waals surface area (Å²) in [6.45, 7) is 7.33. The number of rotatable bonds is 9. The van der Waals surface area contributed by atoms with Gasteiger partial charge in [0.25, 0.3) is 0 Å². The summed E-state index contributed by atoms with van der Waals surface area (Å²) < 4.78 is 11.2. The van der Waals surface area contributed by atoms with Crippen molar-refractivity contribution >= 4 is 29.9 Å². The molecule has 0 saturated carbocycles. The van der Waals surface area contributed by atoms with Gasteiger partial charge in [0.2, 0.25) is 0 Å². The molecule has 0 bridgehead atoms. The van der Waals surface area contributed by atoms with E-state index in [9.17, 15) is 0 Å². The summed E-state index contributed by atoms with van der Waals surface area (Å²) in [5, 5.41) is 6.71. The Bertz CT molecular complexity index is 707. The normalized spacial score (nSPS) is 10.9. The summed E-state index contributed by atoms with van der Waals surface area (Å²) in [7, 11) is 1.77. The van der Waals surface area contributed by atoms with Gasteiger partial charge in [-0.25, -0.2) is 0 Å². The number of aliphatic imine (C=N–C) groups is 1. The lowest BCUT2D eigenvalue weighted by Crippen LogP contribution is -2.36. The first-order chi connectivity index (χ1) is 12.8. The first-order valence-electron chi connectivity index (χ1n) is 9.08. The fourth-order valence-electron chi connectivity index (χ4n) is 2.61. The summed E-state index contributed by atoms with van der Waals surface area (Å²) in [6, 6.07) is 16.3. The maximum atomic E-state index is 5.67. The van der Waals surface area contributed by atoms with Crippen molar-refractivity contribution in [3.05, 3.63) is 65.2 Å². The van der Waals surface area contributed by atoms with Crippen LogP contribution >= 0.6 is 24.0 Å². The molecule has 2 rings (SSSR count). The second kappa shape index (κ2) is 13.4. The Morgan fingerprint density at radius 2 is 1.44 bits per heavy atom. The molecule has 2 N–H and O–H groups in total. The molecule has 0 aliphatic carbocycles. The molecular formula is C21H30IN3O2. The van der Waals surface area contributed by atoms with E-state index in [4.69, 9.17) is 9.47 Å². The van der Waals surface area contributed by atoms with Gasteiger partial charge in [0, 0.05) is 32.3 Å². The Kier molecular flexibility index (Phi) is 11.5. The van der Waals surface area contributed by atoms with Crippen LogP contribution in [0, 0.1) is 0 Å². The molecule has 0 fully saturated rings. The molecule has 0 heterocycles. The zero-order valence-corrected chi connectivity index (χ0v) is 18.7. The van der Waals surface area contributed by atoms with Crippen LogP contribution < -0.4 is 15.4 Å². The molecule has 5 nitrogen and oxygen atoms in total. The molecule has 27 heavy (non-hydrogen) atoms. The molecule has 0 amide bonds. The van der Waals surface area contributed by atoms with Crippen LogP contribution in [0.25, 0.3) is 0 Å². The van der Waals surface area contributed by atoms with Crippen LogP contribution in [0.5, 0.6) is 5.75 Å². The monoisotopic (exact) mass is 483 g/mol. The summed E-state index contributed by atoms with van der Waals surface area (Å²) in [4.78, 5) is 4.31. The third kappa shape index (κ3) is 7.76. The Balaban J connectivity index is 0.00000364. The average molecular weight is 483 g/mol. The molecule has 0 aliphatic heterocycles. The number of hydrogen-bond acceptors (Lipinski definition) is 3. The molecule has 0 aliphatic rings. The Morgan fingerprint density at radius 1 is 0.852 bits per heavy atom. The highest BCUT2D eigenvalue weighted by atomic mass is 127. The molecule has 0 atom stereocenters. The molecule has 148 valence electrons. The number of para-hydroxylation sites is 1. The van der Waals surface area contributed by atoms with Crippen molar-refractivity contribution in [3.8, 4) is 5.75 Å². The molecule has 0 saturated heterocycles. The van der Waals surface area contributed by atoms with Crippen LogP contribution in [0.15, 0.2) is 53.5 Å². The highest BCUT2D eigenvalue weighted by molar-refractivity contribution is 14.0. The van der Waals surface area contributed by atoms with E-state index in [-0.39, 0.29) is 24.0 Å². The first-order valence-corrected chi connectivity index (χ1v) is 9.08. The van der Waals surface area contributed by atoms with Crippen LogP contribution in [0.1, 0.15) is 30.5 Å². The lowest BCUT2D eigenvalue weighted by molar-refractivity contribution is 0.133. The number of hydrogen-bond donors (Lipinski definition) is 2. The van der Waals surface area contributed by atoms with Gasteiger partial charge in [0.05, 0.1) is 13.2 Å². The molecule has 0 radical (unpaired) electrons. The van der Waals surface area contributed by atoms with Gasteiger partial charge >= 0.3 is 0 Å². The van der Waals surface area contributed by atoms with Crippen molar-refractivity contribution in [1.29, 1.82) is 0 Å². The van der Waals surface area contributed by atoms with Crippen molar-refractivity contribution in [2.45, 2.75) is 33.5 Å². The lowest BCUT2D eigenvalue weighted by Gasteiger charge is -2.15. The predicted molar refractivity (Wildman–Crippen MR) is 122 cm³/mol. The van der Waals surface area contributed by atoms with Crippen molar-refractivity contribution in [3.63, 3.8) is 0 Å². The number of benzene rings is 2. The second-order valence-electron chi connectivity index (χ2n) is 5.73. The molecule has 2 aromatic rings. The van der Waals surface area contributed by atoms with Crippen molar-refractivity contribution in [2.24, 2.45) is 4.99 Å². The topological polar surface area (TPSA) is 54.9 Å². The fourth-order valence-corrected chi connectivity index (χ4v) is 2.61. The van der Waals surface area contributed by atoms with E-state index in [0.717, 1.165) is 17.3 Å². The van der Waals surface area contributed by atoms with Gasteiger partial charge in [0.15, 0.2) is 5.96 Å². The first kappa shape index (κ1) is 23.2. The minimum Gasteiger partial charge on any atom is -0.494 e. The third-order valence-electron chi connectivity index (χ3n) is 3.97. The van der Waals surface area contributed by atoms with Gasteiger partial charge in [-0.05, 0) is 31.0 Å². The van der Waals surface area contributed by atoms with Gasteiger partial charge in [-0.15, -0.1) is 24.0 Å². The molecule has 0 aromatic heterocycles. The average Bonchev–Trinajstić information content (AvgIpc) is 2.68. The maximum Gasteiger partial charge on any atom is 0.191 e. The summed E-state index contributed by atoms with van der Waals surface area (Å²) in [5.74, 6) is 1.66. The molecular weight excluding hydrogens is 453 g/mol. The van der Waals surface area contributed by atoms with Crippen molar-refractivity contribution in [1.82, 2.24) is 10.6 Å². The summed E-state index contributed by atoms with van der Waals surface area (Å²) in [5.41, 5.74) is 3.51. The minimum atomic E-state index is 0. The van der Waals surface area contributed by atoms with Crippen LogP contribution in [0.3, 0.4) is 0 Å². The highest BCUT2D eigenvalue weighted by Gasteiger charge is 2.06. The lowest BCUT2D eigenvalue weighted by atomic mass is 10.1. The zero-order chi connectivity index (χ0) is 18.6. The van der Waals surface area contributed by atoms with Crippen LogP contribution in [0.4, 0.5) is 0 Å². The van der Waals surface area contributed by atoms with E-state index in [1.165, 1.54) is 11.1 Å². The smallest absolute Gasteiger partial charge is 0.191 e. The maximum absolute atomic E-state index is 5.67. The van der Waals surface area contributed by atoms with Gasteiger partial charge in [-0.3, -0.25) is 4.99 Å². The summed E-state index contributed by atoms with van der Waals surface area (Å²) in [6.07, 6.45) is 0. The van der Waals surface area contributed by atoms with E-state index >= 15 is 0 Å². The van der Waals surface area contributed by atoms with E-state index < -0.39 is 0 Å². The zero-order valence-electron chi connectivity index (χ0n) is 16.3. The predicted octanol–water partition coefficient (Wildman–Crippen LogP) is 4.11. The van der Waals surface area contributed by atoms with Crippen molar-refractivity contribution in [2.75, 3.05) is 20.3 Å². The fraction of sp³-hybridized carbons (Fsp3) is 0.381. The molecule has 0 spiro atoms. The SMILES string of the molecule is CCOCc1ccccc1CNC(=NC)NCc1ccccc1OCC.I. The number of halogens is 1. The molecule has 2 aromatic carbocycles. The Labute approximate surface area is 179 Å². The number of ether oxygens (including phenoxy) is 2. The minimum absolute atomic E-state index is 0. The van der Waals surface area contributed by atoms with Gasteiger partial charge < -0.3 is 20.1 Å². The second-order valence-corrected chi connectivity index (χ2v) is 5.73. The van der Waals surface area contributed by atoms with Crippen molar-refractivity contribution < 1.29 is 9.47 Å².